The van der Waals surface area contributed by atoms with Crippen LogP contribution in [0.25, 0.3) is 0 Å². The Labute approximate surface area is 110 Å². The van der Waals surface area contributed by atoms with Crippen molar-refractivity contribution in [2.45, 2.75) is 13.8 Å². The average Bonchev–Trinajstić information content (AvgIpc) is 2.64. The van der Waals surface area contributed by atoms with Crippen molar-refractivity contribution in [2.75, 3.05) is 24.6 Å². The molecule has 1 heterocycles. The number of rotatable bonds is 4. The number of anilines is 2. The van der Waals surface area contributed by atoms with Crippen molar-refractivity contribution in [3.8, 4) is 6.07 Å². The summed E-state index contributed by atoms with van der Waals surface area (Å²) < 4.78 is 0. The molecule has 4 N–H and O–H groups in total. The number of carbonyl (C=O) groups excluding carboxylic acids is 1. The molecular weight excluding hydrogens is 248 g/mol. The SMILES string of the molecule is CNC(=O)c1c(NCC=C(C)C)sc(C#N)c1N. The monoisotopic (exact) mass is 264 g/mol. The minimum atomic E-state index is -0.287. The number of amides is 1. The Kier molecular flexibility index (Phi) is 4.75. The second kappa shape index (κ2) is 6.07. The molecule has 0 aliphatic rings. The van der Waals surface area contributed by atoms with Gasteiger partial charge in [-0.15, -0.1) is 11.3 Å². The molecule has 0 unspecified atom stereocenters. The topological polar surface area (TPSA) is 90.9 Å². The largest absolute Gasteiger partial charge is 0.396 e. The van der Waals surface area contributed by atoms with E-state index in [1.54, 1.807) is 0 Å². The summed E-state index contributed by atoms with van der Waals surface area (Å²) >= 11 is 1.19. The number of hydrogen-bond acceptors (Lipinski definition) is 5. The normalized spacial score (nSPS) is 9.44. The summed E-state index contributed by atoms with van der Waals surface area (Å²) in [7, 11) is 1.53. The van der Waals surface area contributed by atoms with E-state index >= 15 is 0 Å². The molecule has 0 saturated heterocycles. The van der Waals surface area contributed by atoms with Crippen LogP contribution in [0.4, 0.5) is 10.7 Å². The molecule has 6 heteroatoms. The maximum Gasteiger partial charge on any atom is 0.256 e. The number of nitrogens with zero attached hydrogens (tertiary/aromatic N) is 1. The Hall–Kier alpha value is -2.00. The summed E-state index contributed by atoms with van der Waals surface area (Å²) in [6.45, 7) is 4.58. The number of nitrogen functional groups attached to an aromatic ring is 1. The van der Waals surface area contributed by atoms with E-state index in [0.29, 0.717) is 22.0 Å². The third kappa shape index (κ3) is 3.02. The number of nitrogens with one attached hydrogen (secondary N) is 2. The lowest BCUT2D eigenvalue weighted by molar-refractivity contribution is 0.0965. The molecule has 0 spiro atoms. The van der Waals surface area contributed by atoms with Crippen LogP contribution in [-0.4, -0.2) is 19.5 Å². The van der Waals surface area contributed by atoms with E-state index in [9.17, 15) is 4.79 Å². The van der Waals surface area contributed by atoms with Gasteiger partial charge in [0.1, 0.15) is 15.9 Å². The van der Waals surface area contributed by atoms with Gasteiger partial charge in [-0.1, -0.05) is 11.6 Å². The highest BCUT2D eigenvalue weighted by Gasteiger charge is 2.20. The first-order valence-corrected chi connectivity index (χ1v) is 6.24. The van der Waals surface area contributed by atoms with E-state index in [0.717, 1.165) is 0 Å². The summed E-state index contributed by atoms with van der Waals surface area (Å²) in [5, 5.41) is 15.2. The van der Waals surface area contributed by atoms with Crippen LogP contribution in [0.2, 0.25) is 0 Å². The lowest BCUT2D eigenvalue weighted by atomic mass is 10.2. The van der Waals surface area contributed by atoms with E-state index in [1.807, 2.05) is 26.0 Å². The van der Waals surface area contributed by atoms with Crippen LogP contribution in [-0.2, 0) is 0 Å². The minimum absolute atomic E-state index is 0.238. The van der Waals surface area contributed by atoms with Crippen molar-refractivity contribution >= 4 is 27.9 Å². The highest BCUT2D eigenvalue weighted by molar-refractivity contribution is 7.17. The second-order valence-electron chi connectivity index (χ2n) is 3.90. The second-order valence-corrected chi connectivity index (χ2v) is 4.92. The van der Waals surface area contributed by atoms with Gasteiger partial charge >= 0.3 is 0 Å². The third-order valence-electron chi connectivity index (χ3n) is 2.27. The fraction of sp³-hybridized carbons (Fsp3) is 0.333. The smallest absolute Gasteiger partial charge is 0.256 e. The van der Waals surface area contributed by atoms with Gasteiger partial charge in [-0.3, -0.25) is 4.79 Å². The molecule has 0 atom stereocenters. The molecule has 0 saturated carbocycles. The fourth-order valence-corrected chi connectivity index (χ4v) is 2.27. The molecule has 1 rings (SSSR count). The van der Waals surface area contributed by atoms with Crippen LogP contribution in [0.15, 0.2) is 11.6 Å². The first kappa shape index (κ1) is 14.1. The van der Waals surface area contributed by atoms with E-state index in [1.165, 1.54) is 24.0 Å². The minimum Gasteiger partial charge on any atom is -0.396 e. The Bertz CT molecular complexity index is 521. The molecule has 1 aromatic heterocycles. The number of nitriles is 1. The van der Waals surface area contributed by atoms with Gasteiger partial charge in [0.25, 0.3) is 5.91 Å². The molecule has 0 fully saturated rings. The zero-order valence-electron chi connectivity index (χ0n) is 10.6. The molecule has 0 bridgehead atoms. The molecule has 5 nitrogen and oxygen atoms in total. The van der Waals surface area contributed by atoms with Gasteiger partial charge in [0.05, 0.1) is 11.3 Å². The maximum absolute atomic E-state index is 11.7. The van der Waals surface area contributed by atoms with Crippen LogP contribution >= 0.6 is 11.3 Å². The number of hydrogen-bond donors (Lipinski definition) is 3. The van der Waals surface area contributed by atoms with Gasteiger partial charge in [-0.05, 0) is 13.8 Å². The summed E-state index contributed by atoms with van der Waals surface area (Å²) in [6, 6.07) is 1.99. The number of carbonyl (C=O) groups is 1. The molecule has 1 aromatic rings. The lowest BCUT2D eigenvalue weighted by Crippen LogP contribution is -2.20. The van der Waals surface area contributed by atoms with E-state index in [-0.39, 0.29) is 11.6 Å². The van der Waals surface area contributed by atoms with Gasteiger partial charge < -0.3 is 16.4 Å². The summed E-state index contributed by atoms with van der Waals surface area (Å²) in [4.78, 5) is 12.1. The van der Waals surface area contributed by atoms with Crippen molar-refractivity contribution in [2.24, 2.45) is 0 Å². The first-order valence-electron chi connectivity index (χ1n) is 5.43. The zero-order valence-corrected chi connectivity index (χ0v) is 11.4. The Morgan fingerprint density at radius 3 is 2.72 bits per heavy atom. The molecule has 0 aromatic carbocycles. The molecule has 96 valence electrons. The quantitative estimate of drug-likeness (QED) is 0.725. The van der Waals surface area contributed by atoms with Crippen molar-refractivity contribution in [3.05, 3.63) is 22.1 Å². The van der Waals surface area contributed by atoms with Crippen LogP contribution in [0.5, 0.6) is 0 Å². The standard InChI is InChI=1S/C12H16N4OS/c1-7(2)4-5-16-12-9(11(17)15-3)10(14)8(6-13)18-12/h4,16H,5,14H2,1-3H3,(H,15,17). The first-order chi connectivity index (χ1) is 8.51. The van der Waals surface area contributed by atoms with Gasteiger partial charge in [0.2, 0.25) is 0 Å². The zero-order chi connectivity index (χ0) is 13.7. The molecule has 18 heavy (non-hydrogen) atoms. The third-order valence-corrected chi connectivity index (χ3v) is 3.34. The van der Waals surface area contributed by atoms with Gasteiger partial charge in [0.15, 0.2) is 0 Å². The Morgan fingerprint density at radius 2 is 2.22 bits per heavy atom. The highest BCUT2D eigenvalue weighted by atomic mass is 32.1. The van der Waals surface area contributed by atoms with E-state index < -0.39 is 0 Å². The van der Waals surface area contributed by atoms with Crippen molar-refractivity contribution in [3.63, 3.8) is 0 Å². The van der Waals surface area contributed by atoms with Crippen LogP contribution in [0.1, 0.15) is 29.1 Å². The average molecular weight is 264 g/mol. The number of nitrogens with two attached hydrogens (primary N) is 1. The van der Waals surface area contributed by atoms with Crippen molar-refractivity contribution in [1.82, 2.24) is 5.32 Å². The fourth-order valence-electron chi connectivity index (χ4n) is 1.35. The van der Waals surface area contributed by atoms with Gasteiger partial charge in [-0.2, -0.15) is 5.26 Å². The number of thiophene rings is 1. The van der Waals surface area contributed by atoms with Crippen LogP contribution < -0.4 is 16.4 Å². The highest BCUT2D eigenvalue weighted by Crippen LogP contribution is 2.34. The summed E-state index contributed by atoms with van der Waals surface area (Å²) in [6.07, 6.45) is 2.00. The maximum atomic E-state index is 11.7. The molecule has 1 amide bonds. The molecular formula is C12H16N4OS. The van der Waals surface area contributed by atoms with Crippen molar-refractivity contribution in [1.29, 1.82) is 5.26 Å². The molecule has 0 radical (unpaired) electrons. The predicted molar refractivity (Wildman–Crippen MR) is 74.8 cm³/mol. The van der Waals surface area contributed by atoms with Gasteiger partial charge in [-0.25, -0.2) is 0 Å². The Balaban J connectivity index is 3.07. The van der Waals surface area contributed by atoms with Crippen LogP contribution in [0.3, 0.4) is 0 Å². The predicted octanol–water partition coefficient (Wildman–Crippen LogP) is 1.94. The molecule has 0 aliphatic heterocycles. The van der Waals surface area contributed by atoms with E-state index in [2.05, 4.69) is 10.6 Å². The van der Waals surface area contributed by atoms with Crippen LogP contribution in [0, 0.1) is 11.3 Å². The van der Waals surface area contributed by atoms with Crippen molar-refractivity contribution < 1.29 is 4.79 Å². The Morgan fingerprint density at radius 1 is 1.56 bits per heavy atom. The summed E-state index contributed by atoms with van der Waals surface area (Å²) in [5.74, 6) is -0.287. The summed E-state index contributed by atoms with van der Waals surface area (Å²) in [5.41, 5.74) is 7.56. The lowest BCUT2D eigenvalue weighted by Gasteiger charge is -2.05. The van der Waals surface area contributed by atoms with E-state index in [4.69, 9.17) is 11.0 Å². The van der Waals surface area contributed by atoms with Gasteiger partial charge in [0, 0.05) is 13.6 Å². The molecule has 0 aliphatic carbocycles. The number of allylic oxidation sites excluding steroid dienone is 1.